The standard InChI is InChI=1S/C21H14N4O3/c26-25(27)19-6-2-1-4-15(19)5-3-11-23-17-7-8-20-18(14-17)24-21(28-20)16-9-12-22-13-10-16/h1-14H/b5-3+,23-11?. The molecule has 2 aromatic carbocycles. The summed E-state index contributed by atoms with van der Waals surface area (Å²) in [7, 11) is 0. The Kier molecular flexibility index (Phi) is 4.71. The Hall–Kier alpha value is -4.13. The van der Waals surface area contributed by atoms with Gasteiger partial charge in [-0.2, -0.15) is 0 Å². The molecule has 7 nitrogen and oxygen atoms in total. The number of allylic oxidation sites excluding steroid dienone is 1. The molecule has 0 fully saturated rings. The zero-order valence-corrected chi connectivity index (χ0v) is 14.6. The van der Waals surface area contributed by atoms with Crippen LogP contribution in [0.4, 0.5) is 11.4 Å². The molecule has 0 radical (unpaired) electrons. The molecule has 0 N–H and O–H groups in total. The van der Waals surface area contributed by atoms with E-state index in [1.165, 1.54) is 6.07 Å². The summed E-state index contributed by atoms with van der Waals surface area (Å²) < 4.78 is 5.76. The van der Waals surface area contributed by atoms with Crippen molar-refractivity contribution < 1.29 is 9.34 Å². The second-order valence-electron chi connectivity index (χ2n) is 5.86. The predicted octanol–water partition coefficient (Wildman–Crippen LogP) is 5.21. The van der Waals surface area contributed by atoms with Crippen LogP contribution in [0.25, 0.3) is 28.6 Å². The van der Waals surface area contributed by atoms with Crippen LogP contribution in [-0.2, 0) is 0 Å². The summed E-state index contributed by atoms with van der Waals surface area (Å²) in [5, 5.41) is 11.0. The van der Waals surface area contributed by atoms with Gasteiger partial charge in [0, 0.05) is 30.2 Å². The van der Waals surface area contributed by atoms with Crippen molar-refractivity contribution in [3.8, 4) is 11.5 Å². The van der Waals surface area contributed by atoms with Crippen LogP contribution >= 0.6 is 0 Å². The molecule has 0 saturated carbocycles. The number of fused-ring (bicyclic) bond motifs is 1. The number of nitro benzene ring substituents is 1. The number of nitrogens with zero attached hydrogens (tertiary/aromatic N) is 4. The van der Waals surface area contributed by atoms with Crippen molar-refractivity contribution in [3.63, 3.8) is 0 Å². The largest absolute Gasteiger partial charge is 0.436 e. The summed E-state index contributed by atoms with van der Waals surface area (Å²) in [6.45, 7) is 0. The van der Waals surface area contributed by atoms with Crippen molar-refractivity contribution in [2.45, 2.75) is 0 Å². The van der Waals surface area contributed by atoms with Gasteiger partial charge in [-0.3, -0.25) is 20.1 Å². The Balaban J connectivity index is 1.54. The van der Waals surface area contributed by atoms with E-state index < -0.39 is 4.92 Å². The fourth-order valence-corrected chi connectivity index (χ4v) is 2.68. The van der Waals surface area contributed by atoms with E-state index in [1.807, 2.05) is 30.3 Å². The molecule has 0 aliphatic carbocycles. The maximum atomic E-state index is 11.0. The van der Waals surface area contributed by atoms with Crippen molar-refractivity contribution in [1.82, 2.24) is 9.97 Å². The van der Waals surface area contributed by atoms with Gasteiger partial charge in [0.15, 0.2) is 5.58 Å². The Morgan fingerprint density at radius 3 is 2.71 bits per heavy atom. The topological polar surface area (TPSA) is 94.4 Å². The first kappa shape index (κ1) is 17.3. The smallest absolute Gasteiger partial charge is 0.276 e. The molecular weight excluding hydrogens is 356 g/mol. The van der Waals surface area contributed by atoms with Crippen LogP contribution in [0.5, 0.6) is 0 Å². The van der Waals surface area contributed by atoms with Gasteiger partial charge in [-0.05, 0) is 48.6 Å². The average Bonchev–Trinajstić information content (AvgIpc) is 3.15. The van der Waals surface area contributed by atoms with E-state index in [0.29, 0.717) is 28.2 Å². The quantitative estimate of drug-likeness (QED) is 0.273. The fourth-order valence-electron chi connectivity index (χ4n) is 2.68. The van der Waals surface area contributed by atoms with Crippen LogP contribution in [0, 0.1) is 10.1 Å². The summed E-state index contributed by atoms with van der Waals surface area (Å²) in [5.74, 6) is 0.523. The minimum Gasteiger partial charge on any atom is -0.436 e. The first-order chi connectivity index (χ1) is 13.7. The normalized spacial score (nSPS) is 11.6. The first-order valence-electron chi connectivity index (χ1n) is 8.46. The van der Waals surface area contributed by atoms with Crippen LogP contribution in [0.2, 0.25) is 0 Å². The monoisotopic (exact) mass is 370 g/mol. The SMILES string of the molecule is O=[N+]([O-])c1ccccc1/C=C/C=Nc1ccc2oc(-c3ccncc3)nc2c1. The molecule has 0 saturated heterocycles. The number of hydrogen-bond donors (Lipinski definition) is 0. The Morgan fingerprint density at radius 1 is 1.07 bits per heavy atom. The maximum absolute atomic E-state index is 11.0. The molecule has 0 aliphatic rings. The number of hydrogen-bond acceptors (Lipinski definition) is 6. The lowest BCUT2D eigenvalue weighted by Gasteiger charge is -1.95. The summed E-state index contributed by atoms with van der Waals surface area (Å²) in [6, 6.07) is 15.7. The van der Waals surface area contributed by atoms with Gasteiger partial charge < -0.3 is 4.42 Å². The summed E-state index contributed by atoms with van der Waals surface area (Å²) in [4.78, 5) is 23.4. The highest BCUT2D eigenvalue weighted by Gasteiger charge is 2.09. The van der Waals surface area contributed by atoms with Crippen LogP contribution in [-0.4, -0.2) is 21.1 Å². The molecule has 0 atom stereocenters. The number of nitro groups is 1. The minimum atomic E-state index is -0.407. The number of para-hydroxylation sites is 1. The van der Waals surface area contributed by atoms with Gasteiger partial charge in [-0.15, -0.1) is 0 Å². The molecule has 2 aromatic heterocycles. The number of oxazole rings is 1. The van der Waals surface area contributed by atoms with E-state index in [2.05, 4.69) is 15.0 Å². The molecule has 28 heavy (non-hydrogen) atoms. The molecule has 0 amide bonds. The van der Waals surface area contributed by atoms with E-state index in [9.17, 15) is 10.1 Å². The highest BCUT2D eigenvalue weighted by molar-refractivity contribution is 5.84. The fraction of sp³-hybridized carbons (Fsp3) is 0. The molecule has 2 heterocycles. The second kappa shape index (κ2) is 7.63. The van der Waals surface area contributed by atoms with Crippen molar-refractivity contribution in [3.05, 3.63) is 88.7 Å². The van der Waals surface area contributed by atoms with Crippen molar-refractivity contribution in [2.24, 2.45) is 4.99 Å². The van der Waals surface area contributed by atoms with E-state index >= 15 is 0 Å². The lowest BCUT2D eigenvalue weighted by Crippen LogP contribution is -1.90. The van der Waals surface area contributed by atoms with Crippen LogP contribution in [0.1, 0.15) is 5.56 Å². The minimum absolute atomic E-state index is 0.0554. The molecular formula is C21H14N4O3. The van der Waals surface area contributed by atoms with Gasteiger partial charge in [0.1, 0.15) is 5.52 Å². The molecule has 136 valence electrons. The number of benzene rings is 2. The third kappa shape index (κ3) is 3.68. The molecule has 0 spiro atoms. The maximum Gasteiger partial charge on any atom is 0.276 e. The number of aliphatic imine (C=N–C) groups is 1. The van der Waals surface area contributed by atoms with E-state index in [-0.39, 0.29) is 5.69 Å². The van der Waals surface area contributed by atoms with Crippen molar-refractivity contribution in [2.75, 3.05) is 0 Å². The van der Waals surface area contributed by atoms with Gasteiger partial charge in [0.2, 0.25) is 5.89 Å². The lowest BCUT2D eigenvalue weighted by atomic mass is 10.1. The molecule has 0 unspecified atom stereocenters. The molecule has 4 rings (SSSR count). The van der Waals surface area contributed by atoms with Gasteiger partial charge in [0.05, 0.1) is 16.2 Å². The summed E-state index contributed by atoms with van der Waals surface area (Å²) >= 11 is 0. The third-order valence-electron chi connectivity index (χ3n) is 4.02. The van der Waals surface area contributed by atoms with Crippen LogP contribution < -0.4 is 0 Å². The van der Waals surface area contributed by atoms with Gasteiger partial charge >= 0.3 is 0 Å². The summed E-state index contributed by atoms with van der Waals surface area (Å²) in [6.07, 6.45) is 8.27. The van der Waals surface area contributed by atoms with Crippen LogP contribution in [0.15, 0.2) is 82.5 Å². The molecule has 0 bridgehead atoms. The van der Waals surface area contributed by atoms with E-state index in [0.717, 1.165) is 5.56 Å². The molecule has 4 aromatic rings. The average molecular weight is 370 g/mol. The van der Waals surface area contributed by atoms with E-state index in [1.54, 1.807) is 49.0 Å². The van der Waals surface area contributed by atoms with Gasteiger partial charge in [0.25, 0.3) is 5.69 Å². The first-order valence-corrected chi connectivity index (χ1v) is 8.46. The Morgan fingerprint density at radius 2 is 1.89 bits per heavy atom. The Labute approximate surface area is 159 Å². The number of rotatable bonds is 5. The van der Waals surface area contributed by atoms with Crippen molar-refractivity contribution in [1.29, 1.82) is 0 Å². The van der Waals surface area contributed by atoms with E-state index in [4.69, 9.17) is 4.42 Å². The highest BCUT2D eigenvalue weighted by atomic mass is 16.6. The van der Waals surface area contributed by atoms with Crippen molar-refractivity contribution >= 4 is 34.8 Å². The number of aromatic nitrogens is 2. The lowest BCUT2D eigenvalue weighted by molar-refractivity contribution is -0.385. The van der Waals surface area contributed by atoms with Crippen LogP contribution in [0.3, 0.4) is 0 Å². The molecule has 7 heteroatoms. The second-order valence-corrected chi connectivity index (χ2v) is 5.86. The van der Waals surface area contributed by atoms with Gasteiger partial charge in [-0.1, -0.05) is 12.1 Å². The predicted molar refractivity (Wildman–Crippen MR) is 108 cm³/mol. The zero-order valence-electron chi connectivity index (χ0n) is 14.6. The third-order valence-corrected chi connectivity index (χ3v) is 4.02. The van der Waals surface area contributed by atoms with Gasteiger partial charge in [-0.25, -0.2) is 4.98 Å². The Bertz CT molecular complexity index is 1200. The highest BCUT2D eigenvalue weighted by Crippen LogP contribution is 2.26. The summed E-state index contributed by atoms with van der Waals surface area (Å²) in [5.41, 5.74) is 3.50. The zero-order chi connectivity index (χ0) is 19.3. The molecule has 0 aliphatic heterocycles. The number of pyridine rings is 1.